The maximum absolute atomic E-state index is 13.2. The smallest absolute Gasteiger partial charge is 0.251 e. The third kappa shape index (κ3) is 3.67. The van der Waals surface area contributed by atoms with Crippen molar-refractivity contribution in [2.24, 2.45) is 5.92 Å². The van der Waals surface area contributed by atoms with E-state index in [0.29, 0.717) is 18.0 Å². The summed E-state index contributed by atoms with van der Waals surface area (Å²) in [6.45, 7) is 1.33. The lowest BCUT2D eigenvalue weighted by molar-refractivity contribution is 0.0762. The summed E-state index contributed by atoms with van der Waals surface area (Å²) in [5.41, 5.74) is 4.00. The molecule has 0 spiro atoms. The van der Waals surface area contributed by atoms with Crippen LogP contribution in [0.1, 0.15) is 23.2 Å². The number of anilines is 2. The van der Waals surface area contributed by atoms with Gasteiger partial charge in [-0.25, -0.2) is 4.39 Å². The van der Waals surface area contributed by atoms with Gasteiger partial charge in [0.25, 0.3) is 5.91 Å². The number of amides is 1. The summed E-state index contributed by atoms with van der Waals surface area (Å²) in [5, 5.41) is 15.7. The first-order chi connectivity index (χ1) is 15.6. The standard InChI is InChI=1S/C26H23FN4O/c27-21-9-11-22(12-10-21)29-24-4-2-1-3-23(24)18-5-7-19(8-6-18)25(32)30-26-14-13-20(26)15-31(16-26)17-28/h1-12,20,29H,13-16H2,(H,30,32)/t20?,26-/m0/s1. The predicted molar refractivity (Wildman–Crippen MR) is 122 cm³/mol. The fourth-order valence-corrected chi connectivity index (χ4v) is 4.75. The predicted octanol–water partition coefficient (Wildman–Crippen LogP) is 4.91. The van der Waals surface area contributed by atoms with Crippen LogP contribution >= 0.6 is 0 Å². The van der Waals surface area contributed by atoms with E-state index in [1.165, 1.54) is 12.1 Å². The minimum absolute atomic E-state index is 0.0984. The Bertz CT molecular complexity index is 1190. The van der Waals surface area contributed by atoms with Crippen LogP contribution in [-0.4, -0.2) is 29.4 Å². The molecular formula is C26H23FN4O. The Hall–Kier alpha value is -3.85. The Kier molecular flexibility index (Phi) is 5.02. The molecule has 3 aromatic rings. The number of para-hydroxylation sites is 1. The lowest BCUT2D eigenvalue weighted by Gasteiger charge is -2.44. The van der Waals surface area contributed by atoms with Crippen molar-refractivity contribution in [2.75, 3.05) is 18.4 Å². The van der Waals surface area contributed by atoms with Gasteiger partial charge in [-0.3, -0.25) is 4.79 Å². The highest BCUT2D eigenvalue weighted by molar-refractivity contribution is 5.95. The number of hydrogen-bond acceptors (Lipinski definition) is 4. The summed E-state index contributed by atoms with van der Waals surface area (Å²) in [6.07, 6.45) is 4.18. The van der Waals surface area contributed by atoms with E-state index in [9.17, 15) is 14.4 Å². The second kappa shape index (κ2) is 8.01. The van der Waals surface area contributed by atoms with Gasteiger partial charge in [-0.1, -0.05) is 30.3 Å². The molecule has 0 radical (unpaired) electrons. The summed E-state index contributed by atoms with van der Waals surface area (Å²) < 4.78 is 13.2. The van der Waals surface area contributed by atoms with Crippen molar-refractivity contribution < 1.29 is 9.18 Å². The number of likely N-dealkylation sites (tertiary alicyclic amines) is 1. The zero-order valence-corrected chi connectivity index (χ0v) is 17.5. The van der Waals surface area contributed by atoms with Crippen LogP contribution in [-0.2, 0) is 0 Å². The molecule has 32 heavy (non-hydrogen) atoms. The van der Waals surface area contributed by atoms with E-state index in [1.54, 1.807) is 17.0 Å². The van der Waals surface area contributed by atoms with Gasteiger partial charge >= 0.3 is 0 Å². The molecule has 5 rings (SSSR count). The minimum Gasteiger partial charge on any atom is -0.355 e. The monoisotopic (exact) mass is 426 g/mol. The number of nitriles is 1. The molecule has 1 saturated carbocycles. The number of fused-ring (bicyclic) bond motifs is 1. The molecule has 1 unspecified atom stereocenters. The van der Waals surface area contributed by atoms with E-state index in [-0.39, 0.29) is 17.3 Å². The second-order valence-corrected chi connectivity index (χ2v) is 8.58. The summed E-state index contributed by atoms with van der Waals surface area (Å²) in [4.78, 5) is 14.7. The number of carbonyl (C=O) groups excluding carboxylic acids is 1. The van der Waals surface area contributed by atoms with Crippen molar-refractivity contribution in [3.8, 4) is 17.3 Å². The number of nitrogens with one attached hydrogen (secondary N) is 2. The van der Waals surface area contributed by atoms with E-state index in [1.807, 2.05) is 48.5 Å². The highest BCUT2D eigenvalue weighted by Gasteiger charge is 2.54. The number of halogens is 1. The van der Waals surface area contributed by atoms with Crippen LogP contribution < -0.4 is 10.6 Å². The lowest BCUT2D eigenvalue weighted by atomic mass is 9.69. The Morgan fingerprint density at radius 3 is 2.50 bits per heavy atom. The average Bonchev–Trinajstić information content (AvgIpc) is 3.05. The molecule has 1 amide bonds. The molecule has 2 fully saturated rings. The van der Waals surface area contributed by atoms with Gasteiger partial charge in [0.15, 0.2) is 6.19 Å². The molecule has 2 N–H and O–H groups in total. The normalized spacial score (nSPS) is 21.2. The quantitative estimate of drug-likeness (QED) is 0.569. The molecule has 1 aliphatic heterocycles. The summed E-state index contributed by atoms with van der Waals surface area (Å²) in [5.74, 6) is -0.0167. The van der Waals surface area contributed by atoms with Crippen LogP contribution in [0.15, 0.2) is 72.8 Å². The molecule has 5 nitrogen and oxygen atoms in total. The first-order valence-corrected chi connectivity index (χ1v) is 10.8. The topological polar surface area (TPSA) is 68.2 Å². The van der Waals surface area contributed by atoms with Gasteiger partial charge in [0.2, 0.25) is 0 Å². The van der Waals surface area contributed by atoms with Crippen LogP contribution in [0.2, 0.25) is 0 Å². The highest BCUT2D eigenvalue weighted by atomic mass is 19.1. The number of hydrogen-bond donors (Lipinski definition) is 2. The molecule has 0 aromatic heterocycles. The summed E-state index contributed by atoms with van der Waals surface area (Å²) >= 11 is 0. The zero-order valence-electron chi connectivity index (χ0n) is 17.5. The Balaban J connectivity index is 1.33. The third-order valence-electron chi connectivity index (χ3n) is 6.65. The minimum atomic E-state index is -0.275. The molecule has 2 atom stereocenters. The molecule has 160 valence electrons. The van der Waals surface area contributed by atoms with Gasteiger partial charge in [0.05, 0.1) is 12.1 Å². The molecule has 2 aliphatic rings. The molecule has 1 aliphatic carbocycles. The van der Waals surface area contributed by atoms with Crippen LogP contribution in [0, 0.1) is 23.2 Å². The third-order valence-corrected chi connectivity index (χ3v) is 6.65. The van der Waals surface area contributed by atoms with Crippen molar-refractivity contribution in [1.82, 2.24) is 10.2 Å². The van der Waals surface area contributed by atoms with Gasteiger partial charge < -0.3 is 15.5 Å². The second-order valence-electron chi connectivity index (χ2n) is 8.58. The van der Waals surface area contributed by atoms with E-state index in [2.05, 4.69) is 16.8 Å². The SMILES string of the molecule is N#CN1CC2CC[C@]2(NC(=O)c2ccc(-c3ccccc3Nc3ccc(F)cc3)cc2)C1. The number of rotatable bonds is 5. The molecular weight excluding hydrogens is 403 g/mol. The molecule has 1 heterocycles. The lowest BCUT2D eigenvalue weighted by Crippen LogP contribution is -2.60. The zero-order chi connectivity index (χ0) is 22.1. The van der Waals surface area contributed by atoms with Crippen molar-refractivity contribution in [3.05, 3.63) is 84.2 Å². The van der Waals surface area contributed by atoms with E-state index in [0.717, 1.165) is 41.9 Å². The Labute approximate surface area is 186 Å². The maximum Gasteiger partial charge on any atom is 0.251 e. The van der Waals surface area contributed by atoms with Crippen LogP contribution in [0.3, 0.4) is 0 Å². The van der Waals surface area contributed by atoms with Crippen molar-refractivity contribution in [1.29, 1.82) is 5.26 Å². The molecule has 3 aromatic carbocycles. The van der Waals surface area contributed by atoms with Crippen molar-refractivity contribution >= 4 is 17.3 Å². The van der Waals surface area contributed by atoms with E-state index >= 15 is 0 Å². The number of benzene rings is 3. The van der Waals surface area contributed by atoms with Crippen LogP contribution in [0.25, 0.3) is 11.1 Å². The van der Waals surface area contributed by atoms with Gasteiger partial charge in [-0.2, -0.15) is 5.26 Å². The Morgan fingerprint density at radius 1 is 1.06 bits per heavy atom. The van der Waals surface area contributed by atoms with Gasteiger partial charge in [-0.15, -0.1) is 0 Å². The van der Waals surface area contributed by atoms with E-state index < -0.39 is 0 Å². The largest absolute Gasteiger partial charge is 0.355 e. The fraction of sp³-hybridized carbons (Fsp3) is 0.231. The molecule has 6 heteroatoms. The number of nitrogens with zero attached hydrogens (tertiary/aromatic N) is 2. The maximum atomic E-state index is 13.2. The van der Waals surface area contributed by atoms with Gasteiger partial charge in [0.1, 0.15) is 5.82 Å². The summed E-state index contributed by atoms with van der Waals surface area (Å²) in [7, 11) is 0. The average molecular weight is 426 g/mol. The molecule has 0 bridgehead atoms. The first kappa shape index (κ1) is 20.1. The van der Waals surface area contributed by atoms with E-state index in [4.69, 9.17) is 0 Å². The number of carbonyl (C=O) groups is 1. The molecule has 1 saturated heterocycles. The fourth-order valence-electron chi connectivity index (χ4n) is 4.75. The Morgan fingerprint density at radius 2 is 1.81 bits per heavy atom. The highest BCUT2D eigenvalue weighted by Crippen LogP contribution is 2.44. The van der Waals surface area contributed by atoms with Crippen molar-refractivity contribution in [2.45, 2.75) is 18.4 Å². The first-order valence-electron chi connectivity index (χ1n) is 10.8. The van der Waals surface area contributed by atoms with Crippen LogP contribution in [0.4, 0.5) is 15.8 Å². The summed E-state index contributed by atoms with van der Waals surface area (Å²) in [6, 6.07) is 21.7. The van der Waals surface area contributed by atoms with Crippen molar-refractivity contribution in [3.63, 3.8) is 0 Å². The van der Waals surface area contributed by atoms with Gasteiger partial charge in [0, 0.05) is 35.0 Å². The van der Waals surface area contributed by atoms with Gasteiger partial charge in [-0.05, 0) is 60.9 Å². The van der Waals surface area contributed by atoms with Crippen LogP contribution in [0.5, 0.6) is 0 Å².